The van der Waals surface area contributed by atoms with Gasteiger partial charge < -0.3 is 15.1 Å². The zero-order valence-electron chi connectivity index (χ0n) is 9.96. The molecule has 88 valence electrons. The van der Waals surface area contributed by atoms with E-state index in [1.807, 2.05) is 0 Å². The summed E-state index contributed by atoms with van der Waals surface area (Å²) in [6.07, 6.45) is 3.78. The third-order valence-electron chi connectivity index (χ3n) is 2.85. The maximum Gasteiger partial charge on any atom is 0.169 e. The smallest absolute Gasteiger partial charge is 0.169 e. The molecule has 3 nitrogen and oxygen atoms in total. The fraction of sp³-hybridized carbons (Fsp3) is 0.909. The highest BCUT2D eigenvalue weighted by molar-refractivity contribution is 7.80. The predicted octanol–water partition coefficient (Wildman–Crippen LogP) is 1.30. The van der Waals surface area contributed by atoms with E-state index in [9.17, 15) is 0 Å². The summed E-state index contributed by atoms with van der Waals surface area (Å²) in [7, 11) is 2.16. The maximum atomic E-state index is 5.36. The van der Waals surface area contributed by atoms with Crippen molar-refractivity contribution >= 4 is 17.3 Å². The van der Waals surface area contributed by atoms with Crippen molar-refractivity contribution in [2.24, 2.45) is 0 Å². The molecule has 0 unspecified atom stereocenters. The number of hydrogen-bond donors (Lipinski definition) is 1. The van der Waals surface area contributed by atoms with Crippen LogP contribution in [0.5, 0.6) is 0 Å². The van der Waals surface area contributed by atoms with Crippen LogP contribution in [-0.4, -0.2) is 54.7 Å². The number of likely N-dealkylation sites (N-methyl/N-ethyl adjacent to an activating group) is 1. The first-order valence-corrected chi connectivity index (χ1v) is 6.36. The van der Waals surface area contributed by atoms with Gasteiger partial charge in [-0.15, -0.1) is 0 Å². The summed E-state index contributed by atoms with van der Waals surface area (Å²) in [6.45, 7) is 7.62. The minimum atomic E-state index is 0.944. The lowest BCUT2D eigenvalue weighted by Gasteiger charge is -2.34. The van der Waals surface area contributed by atoms with E-state index >= 15 is 0 Å². The second-order valence-corrected chi connectivity index (χ2v) is 4.62. The Bertz CT molecular complexity index is 188. The van der Waals surface area contributed by atoms with Gasteiger partial charge in [-0.1, -0.05) is 19.8 Å². The monoisotopic (exact) mass is 229 g/mol. The topological polar surface area (TPSA) is 18.5 Å². The van der Waals surface area contributed by atoms with Crippen LogP contribution >= 0.6 is 12.2 Å². The molecule has 0 aromatic carbocycles. The molecule has 1 rings (SSSR count). The normalized spacial score (nSPS) is 17.9. The molecule has 0 bridgehead atoms. The Morgan fingerprint density at radius 3 is 2.47 bits per heavy atom. The van der Waals surface area contributed by atoms with E-state index < -0.39 is 0 Å². The first-order valence-electron chi connectivity index (χ1n) is 5.95. The highest BCUT2D eigenvalue weighted by Gasteiger charge is 2.15. The van der Waals surface area contributed by atoms with E-state index in [0.29, 0.717) is 0 Å². The molecule has 1 aliphatic rings. The highest BCUT2D eigenvalue weighted by Crippen LogP contribution is 2.00. The minimum absolute atomic E-state index is 0.944. The van der Waals surface area contributed by atoms with Crippen molar-refractivity contribution in [3.63, 3.8) is 0 Å². The second kappa shape index (κ2) is 7.01. The molecule has 1 aliphatic heterocycles. The van der Waals surface area contributed by atoms with Crippen LogP contribution in [0.3, 0.4) is 0 Å². The molecule has 4 heteroatoms. The SMILES string of the molecule is CCCCCNC(=S)N1CCN(C)CC1. The standard InChI is InChI=1S/C11H23N3S/c1-3-4-5-6-12-11(15)14-9-7-13(2)8-10-14/h3-10H2,1-2H3,(H,12,15). The molecule has 1 N–H and O–H groups in total. The van der Waals surface area contributed by atoms with Crippen molar-refractivity contribution in [2.75, 3.05) is 39.8 Å². The summed E-state index contributed by atoms with van der Waals surface area (Å²) in [5.74, 6) is 0. The minimum Gasteiger partial charge on any atom is -0.363 e. The number of nitrogens with zero attached hydrogens (tertiary/aromatic N) is 2. The Morgan fingerprint density at radius 2 is 1.87 bits per heavy atom. The number of hydrogen-bond acceptors (Lipinski definition) is 2. The molecule has 0 aromatic heterocycles. The molecule has 0 atom stereocenters. The molecule has 0 aliphatic carbocycles. The molecule has 15 heavy (non-hydrogen) atoms. The van der Waals surface area contributed by atoms with Crippen LogP contribution in [-0.2, 0) is 0 Å². The summed E-state index contributed by atoms with van der Waals surface area (Å²) in [6, 6.07) is 0. The van der Waals surface area contributed by atoms with Crippen molar-refractivity contribution < 1.29 is 0 Å². The van der Waals surface area contributed by atoms with Gasteiger partial charge in [-0.2, -0.15) is 0 Å². The summed E-state index contributed by atoms with van der Waals surface area (Å²) in [4.78, 5) is 4.62. The van der Waals surface area contributed by atoms with Gasteiger partial charge in [0.25, 0.3) is 0 Å². The predicted molar refractivity (Wildman–Crippen MR) is 69.2 cm³/mol. The van der Waals surface area contributed by atoms with Crippen LogP contribution in [0, 0.1) is 0 Å². The number of unbranched alkanes of at least 4 members (excludes halogenated alkanes) is 2. The van der Waals surface area contributed by atoms with Gasteiger partial charge in [0, 0.05) is 32.7 Å². The highest BCUT2D eigenvalue weighted by atomic mass is 32.1. The maximum absolute atomic E-state index is 5.36. The number of nitrogens with one attached hydrogen (secondary N) is 1. The fourth-order valence-corrected chi connectivity index (χ4v) is 1.98. The number of rotatable bonds is 4. The van der Waals surface area contributed by atoms with Crippen LogP contribution in [0.15, 0.2) is 0 Å². The molecule has 1 fully saturated rings. The van der Waals surface area contributed by atoms with Gasteiger partial charge in [0.2, 0.25) is 0 Å². The molecule has 0 aromatic rings. The molecule has 0 radical (unpaired) electrons. The second-order valence-electron chi connectivity index (χ2n) is 4.23. The largest absolute Gasteiger partial charge is 0.363 e. The van der Waals surface area contributed by atoms with E-state index in [2.05, 4.69) is 29.1 Å². The Morgan fingerprint density at radius 1 is 1.20 bits per heavy atom. The van der Waals surface area contributed by atoms with Crippen molar-refractivity contribution in [3.8, 4) is 0 Å². The van der Waals surface area contributed by atoms with E-state index in [1.54, 1.807) is 0 Å². The lowest BCUT2D eigenvalue weighted by atomic mass is 10.2. The van der Waals surface area contributed by atoms with E-state index in [0.717, 1.165) is 37.8 Å². The van der Waals surface area contributed by atoms with E-state index in [1.165, 1.54) is 19.3 Å². The van der Waals surface area contributed by atoms with Gasteiger partial charge in [0.1, 0.15) is 0 Å². The Labute approximate surface area is 98.8 Å². The average Bonchev–Trinajstić information content (AvgIpc) is 2.25. The Hall–Kier alpha value is -0.350. The van der Waals surface area contributed by atoms with Crippen molar-refractivity contribution in [1.29, 1.82) is 0 Å². The first kappa shape index (κ1) is 12.7. The van der Waals surface area contributed by atoms with Gasteiger partial charge in [-0.3, -0.25) is 0 Å². The van der Waals surface area contributed by atoms with Gasteiger partial charge in [0.15, 0.2) is 5.11 Å². The van der Waals surface area contributed by atoms with Crippen LogP contribution in [0.25, 0.3) is 0 Å². The lowest BCUT2D eigenvalue weighted by molar-refractivity contribution is 0.214. The first-order chi connectivity index (χ1) is 7.24. The number of piperazine rings is 1. The quantitative estimate of drug-likeness (QED) is 0.578. The molecule has 0 amide bonds. The Balaban J connectivity index is 2.11. The van der Waals surface area contributed by atoms with Crippen LogP contribution in [0.4, 0.5) is 0 Å². The van der Waals surface area contributed by atoms with Gasteiger partial charge in [-0.05, 0) is 25.7 Å². The number of thiocarbonyl (C=S) groups is 1. The van der Waals surface area contributed by atoms with Gasteiger partial charge in [-0.25, -0.2) is 0 Å². The summed E-state index contributed by atoms with van der Waals surface area (Å²) >= 11 is 5.36. The molecule has 1 heterocycles. The molecular formula is C11H23N3S. The van der Waals surface area contributed by atoms with E-state index in [-0.39, 0.29) is 0 Å². The fourth-order valence-electron chi connectivity index (χ4n) is 1.69. The van der Waals surface area contributed by atoms with Crippen molar-refractivity contribution in [1.82, 2.24) is 15.1 Å². The molecule has 1 saturated heterocycles. The van der Waals surface area contributed by atoms with Gasteiger partial charge in [0.05, 0.1) is 0 Å². The zero-order valence-corrected chi connectivity index (χ0v) is 10.8. The lowest BCUT2D eigenvalue weighted by Crippen LogP contribution is -2.50. The average molecular weight is 229 g/mol. The van der Waals surface area contributed by atoms with Crippen molar-refractivity contribution in [2.45, 2.75) is 26.2 Å². The van der Waals surface area contributed by atoms with E-state index in [4.69, 9.17) is 12.2 Å². The van der Waals surface area contributed by atoms with Crippen molar-refractivity contribution in [3.05, 3.63) is 0 Å². The van der Waals surface area contributed by atoms with Crippen LogP contribution < -0.4 is 5.32 Å². The molecule has 0 saturated carbocycles. The van der Waals surface area contributed by atoms with Crippen LogP contribution in [0.2, 0.25) is 0 Å². The third kappa shape index (κ3) is 4.80. The molecular weight excluding hydrogens is 206 g/mol. The summed E-state index contributed by atoms with van der Waals surface area (Å²) in [5.41, 5.74) is 0. The van der Waals surface area contributed by atoms with Gasteiger partial charge >= 0.3 is 0 Å². The zero-order chi connectivity index (χ0) is 11.1. The molecule has 0 spiro atoms. The van der Waals surface area contributed by atoms with Crippen LogP contribution in [0.1, 0.15) is 26.2 Å². The third-order valence-corrected chi connectivity index (χ3v) is 3.25. The summed E-state index contributed by atoms with van der Waals surface area (Å²) < 4.78 is 0. The summed E-state index contributed by atoms with van der Waals surface area (Å²) in [5, 5.41) is 4.28. The Kier molecular flexibility index (Phi) is 5.95.